The van der Waals surface area contributed by atoms with Gasteiger partial charge in [-0.1, -0.05) is 18.7 Å². The predicted molar refractivity (Wildman–Crippen MR) is 88.9 cm³/mol. The summed E-state index contributed by atoms with van der Waals surface area (Å²) in [5.74, 6) is -3.27. The first-order valence-electron chi connectivity index (χ1n) is 8.10. The maximum absolute atomic E-state index is 13.8. The normalized spacial score (nSPS) is 41.8. The molecule has 3 aliphatic rings. The first-order valence-corrected chi connectivity index (χ1v) is 8.91. The lowest BCUT2D eigenvalue weighted by Gasteiger charge is -2.32. The largest absolute Gasteiger partial charge is 0.304 e. The van der Waals surface area contributed by atoms with Crippen molar-refractivity contribution in [3.63, 3.8) is 0 Å². The highest BCUT2D eigenvalue weighted by Crippen LogP contribution is 2.62. The van der Waals surface area contributed by atoms with Crippen LogP contribution in [0.2, 0.25) is 0 Å². The summed E-state index contributed by atoms with van der Waals surface area (Å²) in [7, 11) is 0. The minimum Gasteiger partial charge on any atom is -0.304 e. The lowest BCUT2D eigenvalue weighted by atomic mass is 9.81. The van der Waals surface area contributed by atoms with E-state index in [-0.39, 0.29) is 18.4 Å². The van der Waals surface area contributed by atoms with E-state index < -0.39 is 22.0 Å². The fraction of sp³-hybridized carbons (Fsp3) is 0.588. The third-order valence-electron chi connectivity index (χ3n) is 5.72. The number of amides is 1. The molecule has 7 heteroatoms. The molecule has 0 radical (unpaired) electrons. The van der Waals surface area contributed by atoms with E-state index in [9.17, 15) is 13.6 Å². The molecule has 1 saturated heterocycles. The average Bonchev–Trinajstić information content (AvgIpc) is 3.07. The monoisotopic (exact) mass is 351 g/mol. The van der Waals surface area contributed by atoms with E-state index in [0.717, 1.165) is 5.56 Å². The topological polar surface area (TPSA) is 54.4 Å². The predicted octanol–water partition coefficient (Wildman–Crippen LogP) is 3.34. The van der Waals surface area contributed by atoms with Crippen LogP contribution in [0.25, 0.3) is 0 Å². The van der Waals surface area contributed by atoms with Crippen molar-refractivity contribution in [2.45, 2.75) is 49.8 Å². The Labute approximate surface area is 143 Å². The molecule has 2 saturated carbocycles. The van der Waals surface area contributed by atoms with E-state index in [4.69, 9.17) is 0 Å². The van der Waals surface area contributed by atoms with Crippen molar-refractivity contribution in [2.24, 2.45) is 16.3 Å². The van der Waals surface area contributed by atoms with E-state index in [1.807, 2.05) is 26.0 Å². The van der Waals surface area contributed by atoms with E-state index in [2.05, 4.69) is 15.3 Å². The highest BCUT2D eigenvalue weighted by molar-refractivity contribution is 8.15. The van der Waals surface area contributed by atoms with Crippen LogP contribution in [0.3, 0.4) is 0 Å². The van der Waals surface area contributed by atoms with Crippen LogP contribution in [0, 0.1) is 11.3 Å². The number of aliphatic imine (C=N–C) groups is 1. The van der Waals surface area contributed by atoms with E-state index in [0.29, 0.717) is 18.0 Å². The third kappa shape index (κ3) is 2.28. The van der Waals surface area contributed by atoms with E-state index in [1.54, 1.807) is 12.4 Å². The van der Waals surface area contributed by atoms with Gasteiger partial charge in [-0.05, 0) is 42.9 Å². The second kappa shape index (κ2) is 5.00. The number of fused-ring (bicyclic) bond motifs is 2. The minimum atomic E-state index is -2.57. The smallest absolute Gasteiger partial charge is 0.251 e. The number of carbonyl (C=O) groups is 1. The Morgan fingerprint density at radius 3 is 2.62 bits per heavy atom. The number of thioether (sulfide) groups is 1. The van der Waals surface area contributed by atoms with Crippen molar-refractivity contribution in [1.82, 2.24) is 10.3 Å². The molecule has 1 aliphatic heterocycles. The lowest BCUT2D eigenvalue weighted by molar-refractivity contribution is -0.121. The zero-order valence-electron chi connectivity index (χ0n) is 13.6. The highest BCUT2D eigenvalue weighted by atomic mass is 32.2. The summed E-state index contributed by atoms with van der Waals surface area (Å²) >= 11 is 1.36. The van der Waals surface area contributed by atoms with Crippen molar-refractivity contribution >= 4 is 22.8 Å². The molecule has 2 bridgehead atoms. The first-order chi connectivity index (χ1) is 11.2. The number of hydrogen-bond donors (Lipinski definition) is 1. The molecule has 4 rings (SSSR count). The summed E-state index contributed by atoms with van der Waals surface area (Å²) in [5, 5.41) is 3.38. The van der Waals surface area contributed by atoms with Crippen molar-refractivity contribution in [1.29, 1.82) is 0 Å². The summed E-state index contributed by atoms with van der Waals surface area (Å²) in [6.07, 6.45) is 4.12. The summed E-state index contributed by atoms with van der Waals surface area (Å²) in [5.41, 5.74) is 0.387. The number of aromatic nitrogens is 1. The Hall–Kier alpha value is -1.50. The van der Waals surface area contributed by atoms with E-state index >= 15 is 0 Å². The number of nitrogens with one attached hydrogen (secondary N) is 1. The van der Waals surface area contributed by atoms with Crippen LogP contribution in [0.15, 0.2) is 29.5 Å². The van der Waals surface area contributed by atoms with Crippen LogP contribution in [-0.2, 0) is 9.54 Å². The molecule has 2 aliphatic carbocycles. The lowest BCUT2D eigenvalue weighted by Crippen LogP contribution is -2.36. The standard InChI is InChI=1S/C17H19F2N3OS/c1-15-8-11(17(18,19)9-15)7-12(15)21-14-22-13(23)16(2,24-14)10-3-5-20-6-4-10/h3-6,11-12H,7-9H2,1-2H3,(H,21,22,23)/t11-,12-,15+,16-/m0/s1. The van der Waals surface area contributed by atoms with Crippen LogP contribution >= 0.6 is 11.8 Å². The van der Waals surface area contributed by atoms with Gasteiger partial charge in [-0.3, -0.25) is 14.8 Å². The highest BCUT2D eigenvalue weighted by Gasteiger charge is 2.63. The molecule has 1 amide bonds. The second-order valence-electron chi connectivity index (χ2n) is 7.50. The summed E-state index contributed by atoms with van der Waals surface area (Å²) in [6.45, 7) is 3.74. The number of alkyl halides is 2. The molecule has 4 atom stereocenters. The summed E-state index contributed by atoms with van der Waals surface area (Å²) < 4.78 is 26.9. The molecule has 2 heterocycles. The number of nitrogens with zero attached hydrogens (tertiary/aromatic N) is 2. The van der Waals surface area contributed by atoms with Gasteiger partial charge in [0.1, 0.15) is 4.75 Å². The van der Waals surface area contributed by atoms with Crippen molar-refractivity contribution in [3.05, 3.63) is 30.1 Å². The molecule has 1 N–H and O–H groups in total. The molecule has 0 spiro atoms. The number of pyridine rings is 1. The van der Waals surface area contributed by atoms with Crippen molar-refractivity contribution in [2.75, 3.05) is 0 Å². The molecule has 1 aromatic rings. The number of rotatable bonds is 2. The first kappa shape index (κ1) is 16.0. The van der Waals surface area contributed by atoms with Crippen molar-refractivity contribution < 1.29 is 13.6 Å². The van der Waals surface area contributed by atoms with Crippen LogP contribution < -0.4 is 5.32 Å². The van der Waals surface area contributed by atoms with Gasteiger partial charge in [-0.2, -0.15) is 0 Å². The van der Waals surface area contributed by atoms with Gasteiger partial charge in [0, 0.05) is 24.7 Å². The van der Waals surface area contributed by atoms with Gasteiger partial charge in [0.2, 0.25) is 5.91 Å². The van der Waals surface area contributed by atoms with Gasteiger partial charge in [0.05, 0.1) is 6.04 Å². The van der Waals surface area contributed by atoms with Gasteiger partial charge in [-0.15, -0.1) is 0 Å². The molecule has 128 valence electrons. The Kier molecular flexibility index (Phi) is 3.33. The average molecular weight is 351 g/mol. The Morgan fingerprint density at radius 2 is 2.04 bits per heavy atom. The molecular weight excluding hydrogens is 332 g/mol. The second-order valence-corrected chi connectivity index (χ2v) is 8.91. The zero-order chi connectivity index (χ0) is 17.2. The quantitative estimate of drug-likeness (QED) is 0.889. The molecular formula is C17H19F2N3OS. The van der Waals surface area contributed by atoms with Gasteiger partial charge in [0.15, 0.2) is 5.17 Å². The maximum Gasteiger partial charge on any atom is 0.251 e. The Morgan fingerprint density at radius 1 is 1.33 bits per heavy atom. The fourth-order valence-electron chi connectivity index (χ4n) is 4.28. The molecule has 0 unspecified atom stereocenters. The van der Waals surface area contributed by atoms with E-state index in [1.165, 1.54) is 11.8 Å². The molecule has 1 aromatic heterocycles. The van der Waals surface area contributed by atoms with Crippen molar-refractivity contribution in [3.8, 4) is 0 Å². The number of halogens is 2. The molecule has 0 aromatic carbocycles. The summed E-state index contributed by atoms with van der Waals surface area (Å²) in [4.78, 5) is 21.1. The SMILES string of the molecule is C[C@]12C[C@H](C[C@@H]1N=C1NC(=O)[C@](C)(c3ccncc3)S1)C(F)(F)C2. The number of carbonyl (C=O) groups excluding carboxylic acids is 1. The fourth-order valence-corrected chi connectivity index (χ4v) is 5.39. The summed E-state index contributed by atoms with van der Waals surface area (Å²) in [6, 6.07) is 3.48. The zero-order valence-corrected chi connectivity index (χ0v) is 14.4. The van der Waals surface area contributed by atoms with Gasteiger partial charge < -0.3 is 5.32 Å². The van der Waals surface area contributed by atoms with Crippen LogP contribution in [-0.4, -0.2) is 28.0 Å². The third-order valence-corrected chi connectivity index (χ3v) is 6.95. The number of amidine groups is 1. The van der Waals surface area contributed by atoms with Crippen LogP contribution in [0.4, 0.5) is 8.78 Å². The van der Waals surface area contributed by atoms with Crippen LogP contribution in [0.1, 0.15) is 38.7 Å². The van der Waals surface area contributed by atoms with Gasteiger partial charge >= 0.3 is 0 Å². The number of hydrogen-bond acceptors (Lipinski definition) is 4. The molecule has 24 heavy (non-hydrogen) atoms. The Bertz CT molecular complexity index is 726. The van der Waals surface area contributed by atoms with Crippen LogP contribution in [0.5, 0.6) is 0 Å². The van der Waals surface area contributed by atoms with Gasteiger partial charge in [-0.25, -0.2) is 8.78 Å². The Balaban J connectivity index is 1.58. The maximum atomic E-state index is 13.8. The minimum absolute atomic E-state index is 0.105. The molecule has 4 nitrogen and oxygen atoms in total. The molecule has 3 fully saturated rings. The van der Waals surface area contributed by atoms with Gasteiger partial charge in [0.25, 0.3) is 5.92 Å².